The van der Waals surface area contributed by atoms with Gasteiger partial charge in [0.25, 0.3) is 5.91 Å². The first-order valence-corrected chi connectivity index (χ1v) is 9.84. The summed E-state index contributed by atoms with van der Waals surface area (Å²) in [5, 5.41) is 2.71. The standard InChI is InChI=1S/C23H26N2O5/c1-5-29-22(28)16-8-6-7-9-17(16)24-20(26)13-25-18-11-10-15(23(2,3)4)12-19(18)30-14-21(25)27/h6-12H,5,13-14H2,1-4H3,(H,24,26). The summed E-state index contributed by atoms with van der Waals surface area (Å²) in [6.07, 6.45) is 0. The first kappa shape index (κ1) is 21.4. The topological polar surface area (TPSA) is 84.9 Å². The van der Waals surface area contributed by atoms with Crippen molar-refractivity contribution in [2.75, 3.05) is 30.0 Å². The van der Waals surface area contributed by atoms with Gasteiger partial charge in [0.1, 0.15) is 12.3 Å². The number of benzene rings is 2. The molecule has 0 bridgehead atoms. The smallest absolute Gasteiger partial charge is 0.340 e. The summed E-state index contributed by atoms with van der Waals surface area (Å²) in [6, 6.07) is 12.2. The zero-order valence-electron chi connectivity index (χ0n) is 17.7. The second kappa shape index (κ2) is 8.57. The molecule has 30 heavy (non-hydrogen) atoms. The highest BCUT2D eigenvalue weighted by Crippen LogP contribution is 2.36. The molecule has 1 aliphatic rings. The van der Waals surface area contributed by atoms with Crippen molar-refractivity contribution in [3.05, 3.63) is 53.6 Å². The lowest BCUT2D eigenvalue weighted by atomic mass is 9.86. The number of hydrogen-bond donors (Lipinski definition) is 1. The van der Waals surface area contributed by atoms with Gasteiger partial charge >= 0.3 is 5.97 Å². The zero-order chi connectivity index (χ0) is 21.9. The lowest BCUT2D eigenvalue weighted by Gasteiger charge is -2.30. The molecule has 0 spiro atoms. The molecule has 3 rings (SSSR count). The molecule has 158 valence electrons. The van der Waals surface area contributed by atoms with E-state index in [0.717, 1.165) is 5.56 Å². The van der Waals surface area contributed by atoms with Crippen LogP contribution in [0.3, 0.4) is 0 Å². The number of nitrogens with zero attached hydrogens (tertiary/aromatic N) is 1. The van der Waals surface area contributed by atoms with E-state index in [1.165, 1.54) is 4.90 Å². The molecule has 0 aromatic heterocycles. The molecular weight excluding hydrogens is 384 g/mol. The summed E-state index contributed by atoms with van der Waals surface area (Å²) in [4.78, 5) is 38.6. The van der Waals surface area contributed by atoms with Crippen LogP contribution in [0, 0.1) is 0 Å². The molecule has 0 saturated carbocycles. The first-order valence-electron chi connectivity index (χ1n) is 9.84. The minimum atomic E-state index is -0.518. The maximum atomic E-state index is 12.7. The summed E-state index contributed by atoms with van der Waals surface area (Å²) in [5.41, 5.74) is 2.15. The van der Waals surface area contributed by atoms with Crippen LogP contribution in [-0.4, -0.2) is 37.5 Å². The molecular formula is C23H26N2O5. The highest BCUT2D eigenvalue weighted by Gasteiger charge is 2.29. The van der Waals surface area contributed by atoms with Crippen molar-refractivity contribution < 1.29 is 23.9 Å². The fourth-order valence-electron chi connectivity index (χ4n) is 3.16. The Morgan fingerprint density at radius 3 is 2.60 bits per heavy atom. The Labute approximate surface area is 176 Å². The summed E-state index contributed by atoms with van der Waals surface area (Å²) < 4.78 is 10.6. The molecule has 1 aliphatic heterocycles. The van der Waals surface area contributed by atoms with E-state index in [0.29, 0.717) is 17.1 Å². The molecule has 1 heterocycles. The molecule has 0 atom stereocenters. The van der Waals surface area contributed by atoms with Crippen LogP contribution in [0.25, 0.3) is 0 Å². The number of hydrogen-bond acceptors (Lipinski definition) is 5. The maximum Gasteiger partial charge on any atom is 0.340 e. The number of ether oxygens (including phenoxy) is 2. The van der Waals surface area contributed by atoms with E-state index in [4.69, 9.17) is 9.47 Å². The van der Waals surface area contributed by atoms with Crippen LogP contribution in [-0.2, 0) is 19.7 Å². The lowest BCUT2D eigenvalue weighted by Crippen LogP contribution is -2.43. The van der Waals surface area contributed by atoms with Crippen molar-refractivity contribution in [3.63, 3.8) is 0 Å². The highest BCUT2D eigenvalue weighted by molar-refractivity contribution is 6.07. The second-order valence-corrected chi connectivity index (χ2v) is 8.02. The Hall–Kier alpha value is -3.35. The number of anilines is 2. The number of fused-ring (bicyclic) bond motifs is 1. The monoisotopic (exact) mass is 410 g/mol. The number of para-hydroxylation sites is 1. The van der Waals surface area contributed by atoms with Crippen molar-refractivity contribution in [2.45, 2.75) is 33.1 Å². The third-order valence-electron chi connectivity index (χ3n) is 4.77. The van der Waals surface area contributed by atoms with Crippen LogP contribution in [0.15, 0.2) is 42.5 Å². The van der Waals surface area contributed by atoms with Gasteiger partial charge in [-0.05, 0) is 42.2 Å². The van der Waals surface area contributed by atoms with Crippen molar-refractivity contribution in [3.8, 4) is 5.75 Å². The summed E-state index contributed by atoms with van der Waals surface area (Å²) in [7, 11) is 0. The molecule has 7 nitrogen and oxygen atoms in total. The van der Waals surface area contributed by atoms with Gasteiger partial charge in [-0.15, -0.1) is 0 Å². The van der Waals surface area contributed by atoms with Crippen LogP contribution < -0.4 is 15.0 Å². The zero-order valence-corrected chi connectivity index (χ0v) is 17.7. The fourth-order valence-corrected chi connectivity index (χ4v) is 3.16. The van der Waals surface area contributed by atoms with Crippen LogP contribution in [0.5, 0.6) is 5.75 Å². The van der Waals surface area contributed by atoms with E-state index in [2.05, 4.69) is 26.1 Å². The van der Waals surface area contributed by atoms with Crippen LogP contribution >= 0.6 is 0 Å². The Morgan fingerprint density at radius 1 is 1.17 bits per heavy atom. The van der Waals surface area contributed by atoms with E-state index >= 15 is 0 Å². The minimum absolute atomic E-state index is 0.0706. The van der Waals surface area contributed by atoms with Crippen molar-refractivity contribution in [1.82, 2.24) is 0 Å². The Kier molecular flexibility index (Phi) is 6.10. The minimum Gasteiger partial charge on any atom is -0.482 e. The molecule has 1 N–H and O–H groups in total. The lowest BCUT2D eigenvalue weighted by molar-refractivity contribution is -0.123. The van der Waals surface area contributed by atoms with E-state index in [9.17, 15) is 14.4 Å². The highest BCUT2D eigenvalue weighted by atomic mass is 16.5. The van der Waals surface area contributed by atoms with E-state index < -0.39 is 11.9 Å². The van der Waals surface area contributed by atoms with Gasteiger partial charge in [0, 0.05) is 0 Å². The Bertz CT molecular complexity index is 978. The van der Waals surface area contributed by atoms with Gasteiger partial charge < -0.3 is 14.8 Å². The third-order valence-corrected chi connectivity index (χ3v) is 4.77. The van der Waals surface area contributed by atoms with Crippen LogP contribution in [0.2, 0.25) is 0 Å². The number of rotatable bonds is 5. The SMILES string of the molecule is CCOC(=O)c1ccccc1NC(=O)CN1C(=O)COc2cc(C(C)(C)C)ccc21. The number of esters is 1. The molecule has 7 heteroatoms. The van der Waals surface area contributed by atoms with Crippen LogP contribution in [0.1, 0.15) is 43.6 Å². The van der Waals surface area contributed by atoms with Crippen molar-refractivity contribution in [1.29, 1.82) is 0 Å². The summed E-state index contributed by atoms with van der Waals surface area (Å²) in [6.45, 7) is 7.90. The van der Waals surface area contributed by atoms with Gasteiger partial charge in [-0.2, -0.15) is 0 Å². The van der Waals surface area contributed by atoms with Crippen molar-refractivity contribution in [2.24, 2.45) is 0 Å². The fraction of sp³-hybridized carbons (Fsp3) is 0.348. The van der Waals surface area contributed by atoms with E-state index in [1.54, 1.807) is 37.3 Å². The van der Waals surface area contributed by atoms with E-state index in [-0.39, 0.29) is 36.6 Å². The number of nitrogens with one attached hydrogen (secondary N) is 1. The molecule has 2 amide bonds. The Morgan fingerprint density at radius 2 is 1.90 bits per heavy atom. The number of carbonyl (C=O) groups excluding carboxylic acids is 3. The predicted molar refractivity (Wildman–Crippen MR) is 114 cm³/mol. The molecule has 0 unspecified atom stereocenters. The van der Waals surface area contributed by atoms with Gasteiger partial charge in [-0.1, -0.05) is 39.0 Å². The van der Waals surface area contributed by atoms with Crippen molar-refractivity contribution >= 4 is 29.2 Å². The molecule has 0 fully saturated rings. The van der Waals surface area contributed by atoms with Gasteiger partial charge in [0.15, 0.2) is 6.61 Å². The van der Waals surface area contributed by atoms with Gasteiger partial charge in [-0.3, -0.25) is 14.5 Å². The average Bonchev–Trinajstić information content (AvgIpc) is 2.69. The third kappa shape index (κ3) is 4.62. The summed E-state index contributed by atoms with van der Waals surface area (Å²) >= 11 is 0. The second-order valence-electron chi connectivity index (χ2n) is 8.02. The first-order chi connectivity index (χ1) is 14.2. The predicted octanol–water partition coefficient (Wildman–Crippen LogP) is 3.52. The van der Waals surface area contributed by atoms with Gasteiger partial charge in [0.05, 0.1) is 23.5 Å². The molecule has 0 aliphatic carbocycles. The van der Waals surface area contributed by atoms with Crippen LogP contribution in [0.4, 0.5) is 11.4 Å². The average molecular weight is 410 g/mol. The molecule has 0 radical (unpaired) electrons. The number of amides is 2. The van der Waals surface area contributed by atoms with Gasteiger partial charge in [-0.25, -0.2) is 4.79 Å². The molecule has 0 saturated heterocycles. The maximum absolute atomic E-state index is 12.7. The van der Waals surface area contributed by atoms with E-state index in [1.807, 2.05) is 12.1 Å². The Balaban J connectivity index is 1.80. The molecule has 2 aromatic rings. The summed E-state index contributed by atoms with van der Waals surface area (Å²) in [5.74, 6) is -0.676. The quantitative estimate of drug-likeness (QED) is 0.763. The number of carbonyl (C=O) groups is 3. The molecule has 2 aromatic carbocycles. The van der Waals surface area contributed by atoms with Gasteiger partial charge in [0.2, 0.25) is 5.91 Å². The largest absolute Gasteiger partial charge is 0.482 e. The normalized spacial score (nSPS) is 13.3.